The van der Waals surface area contributed by atoms with E-state index in [1.807, 2.05) is 18.7 Å². The van der Waals surface area contributed by atoms with Gasteiger partial charge in [0.15, 0.2) is 12.0 Å². The average Bonchev–Trinajstić information content (AvgIpc) is 2.91. The Bertz CT molecular complexity index is 464. The lowest BCUT2D eigenvalue weighted by atomic mass is 10.1. The van der Waals surface area contributed by atoms with E-state index in [1.54, 1.807) is 6.20 Å². The van der Waals surface area contributed by atoms with E-state index in [0.29, 0.717) is 12.0 Å². The molecule has 0 radical (unpaired) electrons. The van der Waals surface area contributed by atoms with Crippen molar-refractivity contribution in [2.24, 2.45) is 5.73 Å². The molecule has 4 atom stereocenters. The van der Waals surface area contributed by atoms with Gasteiger partial charge >= 0.3 is 0 Å². The molecule has 0 spiro atoms. The monoisotopic (exact) mass is 298 g/mol. The molecule has 1 unspecified atom stereocenters. The summed E-state index contributed by atoms with van der Waals surface area (Å²) in [6.45, 7) is 4.32. The zero-order valence-corrected chi connectivity index (χ0v) is 12.3. The van der Waals surface area contributed by atoms with E-state index in [0.717, 1.165) is 13.0 Å². The van der Waals surface area contributed by atoms with Crippen molar-refractivity contribution in [1.82, 2.24) is 4.90 Å². The Balaban J connectivity index is 1.82. The van der Waals surface area contributed by atoms with E-state index in [4.69, 9.17) is 19.9 Å². The summed E-state index contributed by atoms with van der Waals surface area (Å²) in [5.41, 5.74) is 5.95. The van der Waals surface area contributed by atoms with Gasteiger partial charge in [-0.2, -0.15) is 0 Å². The molecule has 21 heavy (non-hydrogen) atoms. The van der Waals surface area contributed by atoms with Crippen LogP contribution < -0.4 is 5.73 Å². The molecule has 0 saturated carbocycles. The lowest BCUT2D eigenvalue weighted by molar-refractivity contribution is -0.205. The number of carbonyl (C=O) groups is 1. The van der Waals surface area contributed by atoms with Gasteiger partial charge in [-0.25, -0.2) is 0 Å². The molecule has 3 N–H and O–H groups in total. The van der Waals surface area contributed by atoms with Gasteiger partial charge in [-0.05, 0) is 26.7 Å². The van der Waals surface area contributed by atoms with Crippen LogP contribution in [-0.4, -0.2) is 59.4 Å². The van der Waals surface area contributed by atoms with E-state index in [1.165, 1.54) is 0 Å². The molecule has 3 aliphatic rings. The second kappa shape index (κ2) is 5.24. The Morgan fingerprint density at radius 1 is 1.48 bits per heavy atom. The SMILES string of the molecule is CC1(C)O[C@@H]2[C@H](O1)C(CO)O[C@H]2N1C=C(C(N)=O)CCC1. The van der Waals surface area contributed by atoms with Gasteiger partial charge in [0.05, 0.1) is 6.61 Å². The lowest BCUT2D eigenvalue weighted by Gasteiger charge is -2.34. The molecule has 1 amide bonds. The minimum Gasteiger partial charge on any atom is -0.394 e. The van der Waals surface area contributed by atoms with E-state index in [9.17, 15) is 9.90 Å². The Morgan fingerprint density at radius 2 is 2.19 bits per heavy atom. The van der Waals surface area contributed by atoms with E-state index in [2.05, 4.69) is 0 Å². The number of hydrogen-bond acceptors (Lipinski definition) is 6. The number of nitrogens with zero attached hydrogens (tertiary/aromatic N) is 1. The van der Waals surface area contributed by atoms with Crippen molar-refractivity contribution in [2.75, 3.05) is 13.2 Å². The van der Waals surface area contributed by atoms with Gasteiger partial charge in [0.25, 0.3) is 0 Å². The molecule has 3 rings (SSSR count). The second-order valence-electron chi connectivity index (χ2n) is 6.17. The van der Waals surface area contributed by atoms with Crippen molar-refractivity contribution in [2.45, 2.75) is 57.0 Å². The van der Waals surface area contributed by atoms with Crippen LogP contribution >= 0.6 is 0 Å². The van der Waals surface area contributed by atoms with E-state index >= 15 is 0 Å². The number of amides is 1. The molecular formula is C14H22N2O5. The van der Waals surface area contributed by atoms with Crippen molar-refractivity contribution < 1.29 is 24.1 Å². The Kier molecular flexibility index (Phi) is 3.69. The highest BCUT2D eigenvalue weighted by Crippen LogP contribution is 2.40. The molecule has 118 valence electrons. The van der Waals surface area contributed by atoms with Crippen molar-refractivity contribution in [3.05, 3.63) is 11.8 Å². The Morgan fingerprint density at radius 3 is 2.86 bits per heavy atom. The predicted molar refractivity (Wildman–Crippen MR) is 72.8 cm³/mol. The molecule has 0 bridgehead atoms. The number of nitrogens with two attached hydrogens (primary N) is 1. The lowest BCUT2D eigenvalue weighted by Crippen LogP contribution is -2.43. The summed E-state index contributed by atoms with van der Waals surface area (Å²) < 4.78 is 17.6. The molecule has 3 aliphatic heterocycles. The Labute approximate surface area is 123 Å². The smallest absolute Gasteiger partial charge is 0.246 e. The highest BCUT2D eigenvalue weighted by Gasteiger charge is 2.56. The quantitative estimate of drug-likeness (QED) is 0.742. The molecule has 0 aromatic heterocycles. The van der Waals surface area contributed by atoms with Gasteiger partial charge in [0, 0.05) is 18.3 Å². The van der Waals surface area contributed by atoms with E-state index < -0.39 is 17.8 Å². The first-order valence-electron chi connectivity index (χ1n) is 7.29. The normalized spacial score (nSPS) is 38.2. The summed E-state index contributed by atoms with van der Waals surface area (Å²) in [6.07, 6.45) is 1.88. The van der Waals surface area contributed by atoms with E-state index in [-0.39, 0.29) is 25.0 Å². The first-order chi connectivity index (χ1) is 9.91. The Hall–Kier alpha value is -1.15. The number of rotatable bonds is 3. The van der Waals surface area contributed by atoms with Crippen molar-refractivity contribution in [3.63, 3.8) is 0 Å². The molecule has 0 aliphatic carbocycles. The number of primary amides is 1. The standard InChI is InChI=1S/C14H22N2O5/c1-14(2)20-10-9(7-17)19-13(11(10)21-14)16-5-3-4-8(6-16)12(15)18/h6,9-11,13,17H,3-5,7H2,1-2H3,(H2,15,18)/t9?,10-,11-,13-/m1/s1. The molecule has 2 saturated heterocycles. The fraction of sp³-hybridized carbons (Fsp3) is 0.786. The van der Waals surface area contributed by atoms with Gasteiger partial charge in [0.2, 0.25) is 5.91 Å². The highest BCUT2D eigenvalue weighted by molar-refractivity contribution is 5.91. The number of aliphatic hydroxyl groups excluding tert-OH is 1. The first kappa shape index (κ1) is 14.8. The number of hydrogen-bond donors (Lipinski definition) is 2. The molecule has 0 aromatic rings. The van der Waals surface area contributed by atoms with Gasteiger partial charge in [-0.15, -0.1) is 0 Å². The predicted octanol–water partition coefficient (Wildman–Crippen LogP) is -0.311. The van der Waals surface area contributed by atoms with Gasteiger partial charge in [-0.3, -0.25) is 4.79 Å². The molecule has 3 heterocycles. The van der Waals surface area contributed by atoms with Crippen LogP contribution in [0.4, 0.5) is 0 Å². The topological polar surface area (TPSA) is 94.2 Å². The van der Waals surface area contributed by atoms with Crippen molar-refractivity contribution in [3.8, 4) is 0 Å². The molecule has 0 aromatic carbocycles. The number of carbonyl (C=O) groups excluding carboxylic acids is 1. The highest BCUT2D eigenvalue weighted by atomic mass is 16.8. The maximum absolute atomic E-state index is 11.4. The summed E-state index contributed by atoms with van der Waals surface area (Å²) in [5, 5.41) is 9.47. The van der Waals surface area contributed by atoms with Gasteiger partial charge < -0.3 is 30.0 Å². The first-order valence-corrected chi connectivity index (χ1v) is 7.29. The fourth-order valence-electron chi connectivity index (χ4n) is 3.24. The van der Waals surface area contributed by atoms with Crippen LogP contribution in [0.15, 0.2) is 11.8 Å². The largest absolute Gasteiger partial charge is 0.394 e. The third-order valence-electron chi connectivity index (χ3n) is 4.13. The second-order valence-corrected chi connectivity index (χ2v) is 6.17. The summed E-state index contributed by atoms with van der Waals surface area (Å²) >= 11 is 0. The molecule has 7 heteroatoms. The molecular weight excluding hydrogens is 276 g/mol. The third kappa shape index (κ3) is 2.66. The average molecular weight is 298 g/mol. The number of fused-ring (bicyclic) bond motifs is 1. The fourth-order valence-corrected chi connectivity index (χ4v) is 3.24. The maximum Gasteiger partial charge on any atom is 0.246 e. The van der Waals surface area contributed by atoms with Gasteiger partial charge in [0.1, 0.15) is 18.3 Å². The van der Waals surface area contributed by atoms with Crippen LogP contribution in [0.25, 0.3) is 0 Å². The zero-order chi connectivity index (χ0) is 15.2. The summed E-state index contributed by atoms with van der Waals surface area (Å²) in [4.78, 5) is 13.3. The molecule has 2 fully saturated rings. The number of ether oxygens (including phenoxy) is 3. The van der Waals surface area contributed by atoms with Crippen LogP contribution in [0.5, 0.6) is 0 Å². The zero-order valence-electron chi connectivity index (χ0n) is 12.3. The third-order valence-corrected chi connectivity index (χ3v) is 4.13. The van der Waals surface area contributed by atoms with Crippen molar-refractivity contribution in [1.29, 1.82) is 0 Å². The van der Waals surface area contributed by atoms with Crippen molar-refractivity contribution >= 4 is 5.91 Å². The summed E-state index contributed by atoms with van der Waals surface area (Å²) in [5.74, 6) is -1.10. The summed E-state index contributed by atoms with van der Waals surface area (Å²) in [6, 6.07) is 0. The van der Waals surface area contributed by atoms with Crippen LogP contribution in [-0.2, 0) is 19.0 Å². The van der Waals surface area contributed by atoms with Crippen LogP contribution in [0.1, 0.15) is 26.7 Å². The van der Waals surface area contributed by atoms with Crippen LogP contribution in [0.2, 0.25) is 0 Å². The van der Waals surface area contributed by atoms with Gasteiger partial charge in [-0.1, -0.05) is 0 Å². The minimum atomic E-state index is -0.698. The summed E-state index contributed by atoms with van der Waals surface area (Å²) in [7, 11) is 0. The van der Waals surface area contributed by atoms with Crippen LogP contribution in [0, 0.1) is 0 Å². The maximum atomic E-state index is 11.4. The van der Waals surface area contributed by atoms with Crippen LogP contribution in [0.3, 0.4) is 0 Å². The minimum absolute atomic E-state index is 0.128. The number of aliphatic hydroxyl groups is 1. The molecule has 7 nitrogen and oxygen atoms in total.